The number of hydrazine groups is 2. The molecule has 6 amide bonds. The summed E-state index contributed by atoms with van der Waals surface area (Å²) in [6.07, 6.45) is -0.194. The molecule has 0 unspecified atom stereocenters. The quantitative estimate of drug-likeness (QED) is 0.0536. The van der Waals surface area contributed by atoms with E-state index in [1.54, 1.807) is 39.8 Å². The van der Waals surface area contributed by atoms with Crippen LogP contribution in [0.4, 0.5) is 0 Å². The van der Waals surface area contributed by atoms with Gasteiger partial charge in [-0.1, -0.05) is 53.7 Å². The van der Waals surface area contributed by atoms with Gasteiger partial charge in [0.15, 0.2) is 23.5 Å². The van der Waals surface area contributed by atoms with Gasteiger partial charge in [0.05, 0.1) is 18.8 Å². The molecule has 8 N–H and O–H groups in total. The van der Waals surface area contributed by atoms with Crippen molar-refractivity contribution in [2.75, 3.05) is 33.9 Å². The van der Waals surface area contributed by atoms with Gasteiger partial charge in [0.2, 0.25) is 11.7 Å². The van der Waals surface area contributed by atoms with Gasteiger partial charge in [-0.15, -0.1) is 0 Å². The van der Waals surface area contributed by atoms with Crippen LogP contribution in [0, 0.1) is 23.7 Å². The van der Waals surface area contributed by atoms with Crippen molar-refractivity contribution in [1.29, 1.82) is 0 Å². The third kappa shape index (κ3) is 13.7. The molecule has 4 fully saturated rings. The molecule has 4 aliphatic rings. The molecule has 4 saturated heterocycles. The smallest absolute Gasteiger partial charge is 0.331 e. The van der Waals surface area contributed by atoms with E-state index >= 15 is 4.79 Å². The number of aliphatic hydroxyl groups excluding tert-OH is 1. The van der Waals surface area contributed by atoms with Crippen LogP contribution in [-0.2, 0) is 52.6 Å². The summed E-state index contributed by atoms with van der Waals surface area (Å²) in [6.45, 7) is 17.3. The van der Waals surface area contributed by atoms with Crippen LogP contribution >= 0.6 is 0 Å². The Morgan fingerprint density at radius 3 is 2.05 bits per heavy atom. The van der Waals surface area contributed by atoms with Crippen LogP contribution in [0.25, 0.3) is 0 Å². The Kier molecular flexibility index (Phi) is 21.3. The molecule has 13 atom stereocenters. The van der Waals surface area contributed by atoms with Gasteiger partial charge < -0.3 is 45.1 Å². The normalized spacial score (nSPS) is 31.9. The van der Waals surface area contributed by atoms with Crippen molar-refractivity contribution in [3.05, 3.63) is 23.3 Å². The molecular formula is C50H82N8O15. The number of nitrogens with one attached hydrogen (secondary N) is 4. The third-order valence-corrected chi connectivity index (χ3v) is 14.5. The monoisotopic (exact) mass is 1030 g/mol. The molecule has 73 heavy (non-hydrogen) atoms. The van der Waals surface area contributed by atoms with E-state index in [0.29, 0.717) is 17.6 Å². The van der Waals surface area contributed by atoms with Crippen LogP contribution in [-0.4, -0.2) is 188 Å². The first-order chi connectivity index (χ1) is 34.1. The van der Waals surface area contributed by atoms with Gasteiger partial charge in [-0.05, 0) is 102 Å². The Labute approximate surface area is 428 Å². The highest BCUT2D eigenvalue weighted by Crippen LogP contribution is 2.41. The molecule has 0 saturated carbocycles. The number of carbonyl (C=O) groups is 8. The van der Waals surface area contributed by atoms with E-state index < -0.39 is 126 Å². The first kappa shape index (κ1) is 60.7. The Balaban J connectivity index is 1.88. The second kappa shape index (κ2) is 25.6. The highest BCUT2D eigenvalue weighted by Gasteiger charge is 2.58. The zero-order valence-electron chi connectivity index (χ0n) is 44.8. The summed E-state index contributed by atoms with van der Waals surface area (Å²) in [7, 11) is 2.54. The maximum absolute atomic E-state index is 15.3. The predicted octanol–water partition coefficient (Wildman–Crippen LogP) is 0.388. The van der Waals surface area contributed by atoms with Crippen molar-refractivity contribution in [3.63, 3.8) is 0 Å². The van der Waals surface area contributed by atoms with Gasteiger partial charge in [-0.25, -0.2) is 20.7 Å². The second-order valence-electron chi connectivity index (χ2n) is 21.1. The lowest BCUT2D eigenvalue weighted by Crippen LogP contribution is -2.70. The van der Waals surface area contributed by atoms with Crippen LogP contribution in [0.3, 0.4) is 0 Å². The van der Waals surface area contributed by atoms with Gasteiger partial charge in [-0.3, -0.25) is 48.8 Å². The molecule has 0 bridgehead atoms. The number of hydrogen-bond donors (Lipinski definition) is 8. The summed E-state index contributed by atoms with van der Waals surface area (Å²) < 4.78 is 17.5. The number of rotatable bonds is 13. The van der Waals surface area contributed by atoms with Crippen molar-refractivity contribution in [2.24, 2.45) is 23.7 Å². The van der Waals surface area contributed by atoms with E-state index in [9.17, 15) is 54.1 Å². The number of aliphatic hydroxyl groups is 3. The Morgan fingerprint density at radius 2 is 1.51 bits per heavy atom. The maximum atomic E-state index is 15.3. The van der Waals surface area contributed by atoms with Crippen LogP contribution in [0.15, 0.2) is 23.3 Å². The number of allylic oxidation sites excluding steroid dienone is 3. The molecule has 4 rings (SSSR count). The minimum absolute atomic E-state index is 0.0684. The molecular weight excluding hydrogens is 953 g/mol. The molecule has 0 spiro atoms. The lowest BCUT2D eigenvalue weighted by atomic mass is 9.80. The van der Waals surface area contributed by atoms with Gasteiger partial charge in [0, 0.05) is 39.6 Å². The fourth-order valence-corrected chi connectivity index (χ4v) is 9.79. The summed E-state index contributed by atoms with van der Waals surface area (Å²) in [5.41, 5.74) is 4.01. The number of hydrogen-bond acceptors (Lipinski definition) is 17. The molecule has 23 heteroatoms. The third-order valence-electron chi connectivity index (χ3n) is 14.5. The number of Topliss-reactive ketones (excluding diaryl/α,β-unsaturated/α-hetero) is 1. The van der Waals surface area contributed by atoms with Crippen molar-refractivity contribution in [3.8, 4) is 0 Å². The number of nitrogens with zero attached hydrogens (tertiary/aromatic N) is 4. The number of ketones is 1. The lowest BCUT2D eigenvalue weighted by Gasteiger charge is -2.48. The number of fused-ring (bicyclic) bond motifs is 2. The Morgan fingerprint density at radius 1 is 0.918 bits per heavy atom. The van der Waals surface area contributed by atoms with Crippen LogP contribution in [0.5, 0.6) is 0 Å². The standard InChI is InChI=1S/C50H82N8O15/c1-14-28(6)39(60)30(8)24-31(9)41-29(7)19-20-50(69,73-41)49(11,68)48(67)54-38-40(27(4)5)72-47(66)37(32(10)59)53-42(61)33-17-15-21-51-56(33)44(63)35(23-26(2)3)55(12)43(62)36(25-71-13)58(70)45(64)34-18-16-22-52-57(34)46(38)65/h14,24,26-27,29-30,32-38,40-41,51-52,59,68-70H,15-23,25H2,1-13H3,(H,53,61)(H,54,67)/b28-14+,31-24+/t29-,30+,32-,33-,34-,35+,36-,37-,38+,40+,41-,49+,50-/m0/s1. The molecule has 0 aromatic heterocycles. The molecule has 4 aliphatic heterocycles. The topological polar surface area (TPSA) is 306 Å². The zero-order valence-corrected chi connectivity index (χ0v) is 44.8. The number of carbonyl (C=O) groups excluding carboxylic acids is 8. The van der Waals surface area contributed by atoms with Gasteiger partial charge >= 0.3 is 5.97 Å². The van der Waals surface area contributed by atoms with Crippen molar-refractivity contribution >= 4 is 47.2 Å². The SMILES string of the molecule is C/C=C(\C)C(=O)[C@H](C)/C=C(\C)[C@H]1O[C@](O)([C@](C)(O)C(=O)N[C@H]2C(=O)N3NCCC[C@H]3C(=O)N(O)[C@@H](COC)C(=O)N(C)[C@H](CC(C)C)C(=O)N3NCCC[C@H]3C(=O)N[C@@H]([C@H](C)O)C(=O)O[C@@H]2C(C)C)CC[C@@H]1C. The lowest BCUT2D eigenvalue weighted by molar-refractivity contribution is -0.321. The largest absolute Gasteiger partial charge is 0.458 e. The average molecular weight is 1040 g/mol. The van der Waals surface area contributed by atoms with Crippen molar-refractivity contribution in [2.45, 2.75) is 187 Å². The van der Waals surface area contributed by atoms with E-state index in [1.165, 1.54) is 34.9 Å². The van der Waals surface area contributed by atoms with Crippen LogP contribution in [0.1, 0.15) is 121 Å². The van der Waals surface area contributed by atoms with Crippen molar-refractivity contribution < 1.29 is 73.1 Å². The Hall–Kier alpha value is -4.88. The minimum Gasteiger partial charge on any atom is -0.458 e. The number of hydroxylamine groups is 2. The van der Waals surface area contributed by atoms with E-state index in [0.717, 1.165) is 21.8 Å². The first-order valence-electron chi connectivity index (χ1n) is 25.4. The fourth-order valence-electron chi connectivity index (χ4n) is 9.79. The van der Waals surface area contributed by atoms with E-state index in [4.69, 9.17) is 14.2 Å². The molecule has 0 aromatic carbocycles. The summed E-state index contributed by atoms with van der Waals surface area (Å²) in [6, 6.07) is -9.78. The van der Waals surface area contributed by atoms with Gasteiger partial charge in [0.1, 0.15) is 30.3 Å². The number of likely N-dealkylation sites (N-methyl/N-ethyl adjacent to an activating group) is 1. The molecule has 412 valence electrons. The predicted molar refractivity (Wildman–Crippen MR) is 263 cm³/mol. The van der Waals surface area contributed by atoms with Gasteiger partial charge in [-0.2, -0.15) is 0 Å². The maximum Gasteiger partial charge on any atom is 0.331 e. The number of ether oxygens (including phenoxy) is 3. The first-order valence-corrected chi connectivity index (χ1v) is 25.4. The molecule has 0 radical (unpaired) electrons. The van der Waals surface area contributed by atoms with Crippen LogP contribution in [0.2, 0.25) is 0 Å². The van der Waals surface area contributed by atoms with Gasteiger partial charge in [0.25, 0.3) is 29.5 Å². The zero-order chi connectivity index (χ0) is 55.0. The van der Waals surface area contributed by atoms with E-state index in [1.807, 2.05) is 20.8 Å². The summed E-state index contributed by atoms with van der Waals surface area (Å²) >= 11 is 0. The summed E-state index contributed by atoms with van der Waals surface area (Å²) in [5, 5.41) is 54.3. The Bertz CT molecular complexity index is 2100. The average Bonchev–Trinajstić information content (AvgIpc) is 3.35. The highest BCUT2D eigenvalue weighted by atomic mass is 16.7. The molecule has 4 heterocycles. The fraction of sp³-hybridized carbons (Fsp3) is 0.760. The minimum atomic E-state index is -2.86. The number of esters is 1. The van der Waals surface area contributed by atoms with E-state index in [-0.39, 0.29) is 74.3 Å². The molecule has 23 nitrogen and oxygen atoms in total. The van der Waals surface area contributed by atoms with Crippen LogP contribution < -0.4 is 21.5 Å². The van der Waals surface area contributed by atoms with Crippen molar-refractivity contribution in [1.82, 2.24) is 41.5 Å². The molecule has 0 aromatic rings. The summed E-state index contributed by atoms with van der Waals surface area (Å²) in [5.74, 6) is -12.2. The highest BCUT2D eigenvalue weighted by molar-refractivity contribution is 5.98. The second-order valence-corrected chi connectivity index (χ2v) is 21.1. The molecule has 0 aliphatic carbocycles. The number of cyclic esters (lactones) is 1. The van der Waals surface area contributed by atoms with E-state index in [2.05, 4.69) is 21.5 Å². The number of methoxy groups -OCH3 is 1. The summed E-state index contributed by atoms with van der Waals surface area (Å²) in [4.78, 5) is 116. The number of amides is 6.